The van der Waals surface area contributed by atoms with Gasteiger partial charge < -0.3 is 15.5 Å². The first-order valence-electron chi connectivity index (χ1n) is 5.48. The molecule has 0 aliphatic carbocycles. The number of hydrogen-bond acceptors (Lipinski definition) is 6. The maximum atomic E-state index is 11.8. The number of carbonyl (C=O) groups excluding carboxylic acids is 1. The number of rotatable bonds is 5. The van der Waals surface area contributed by atoms with E-state index in [2.05, 4.69) is 47.4 Å². The molecule has 1 aromatic heterocycles. The smallest absolute Gasteiger partial charge is 0.277 e. The second kappa shape index (κ2) is 7.21. The van der Waals surface area contributed by atoms with Crippen LogP contribution < -0.4 is 11.1 Å². The molecular formula is C11H10Br2N4O2S. The molecule has 0 unspecified atom stereocenters. The molecule has 3 N–H and O–H groups in total. The van der Waals surface area contributed by atoms with Crippen molar-refractivity contribution in [1.29, 1.82) is 0 Å². The molecule has 0 saturated carbocycles. The van der Waals surface area contributed by atoms with Crippen LogP contribution in [-0.2, 0) is 11.3 Å². The maximum absolute atomic E-state index is 11.8. The Morgan fingerprint density at radius 3 is 2.85 bits per heavy atom. The molecule has 1 heterocycles. The molecule has 0 fully saturated rings. The highest BCUT2D eigenvalue weighted by molar-refractivity contribution is 9.11. The van der Waals surface area contributed by atoms with Crippen LogP contribution >= 0.6 is 43.6 Å². The van der Waals surface area contributed by atoms with Crippen molar-refractivity contribution in [2.75, 3.05) is 11.1 Å². The number of nitrogens with one attached hydrogen (secondary N) is 1. The number of hydrogen-bond donors (Lipinski definition) is 2. The van der Waals surface area contributed by atoms with Gasteiger partial charge in [0.1, 0.15) is 0 Å². The second-order valence-corrected chi connectivity index (χ2v) is 6.32. The molecule has 0 atom stereocenters. The Hall–Kier alpha value is -0.900. The van der Waals surface area contributed by atoms with E-state index in [1.807, 2.05) is 12.1 Å². The van der Waals surface area contributed by atoms with E-state index in [0.29, 0.717) is 16.8 Å². The van der Waals surface area contributed by atoms with Crippen LogP contribution in [0.25, 0.3) is 0 Å². The Bertz CT molecular complexity index is 620. The van der Waals surface area contributed by atoms with Gasteiger partial charge in [-0.1, -0.05) is 27.7 Å². The van der Waals surface area contributed by atoms with E-state index >= 15 is 0 Å². The molecule has 20 heavy (non-hydrogen) atoms. The van der Waals surface area contributed by atoms with Crippen LogP contribution in [0.1, 0.15) is 5.89 Å². The number of benzene rings is 1. The molecule has 0 aliphatic rings. The van der Waals surface area contributed by atoms with E-state index in [-0.39, 0.29) is 18.2 Å². The summed E-state index contributed by atoms with van der Waals surface area (Å²) in [4.78, 5) is 11.8. The van der Waals surface area contributed by atoms with Gasteiger partial charge >= 0.3 is 0 Å². The number of carbonyl (C=O) groups is 1. The number of nitrogens with two attached hydrogens (primary N) is 1. The predicted molar refractivity (Wildman–Crippen MR) is 83.4 cm³/mol. The van der Waals surface area contributed by atoms with Gasteiger partial charge in [-0.25, -0.2) is 0 Å². The summed E-state index contributed by atoms with van der Waals surface area (Å²) in [6.07, 6.45) is 0. The first-order valence-corrected chi connectivity index (χ1v) is 8.06. The average Bonchev–Trinajstić information content (AvgIpc) is 2.88. The van der Waals surface area contributed by atoms with Gasteiger partial charge in [0, 0.05) is 8.95 Å². The molecule has 2 rings (SSSR count). The standard InChI is InChI=1S/C11H10Br2N4O2S/c12-6-1-2-8(7(13)3-6)15-9(18)5-20-11-17-16-10(4-14)19-11/h1-3H,4-5,14H2,(H,15,18). The Kier molecular flexibility index (Phi) is 5.58. The molecule has 1 amide bonds. The van der Waals surface area contributed by atoms with Crippen molar-refractivity contribution < 1.29 is 9.21 Å². The number of aromatic nitrogens is 2. The Balaban J connectivity index is 1.89. The van der Waals surface area contributed by atoms with Crippen molar-refractivity contribution in [2.45, 2.75) is 11.8 Å². The van der Waals surface area contributed by atoms with Crippen molar-refractivity contribution in [1.82, 2.24) is 10.2 Å². The zero-order valence-electron chi connectivity index (χ0n) is 10.1. The van der Waals surface area contributed by atoms with Crippen LogP contribution in [0.5, 0.6) is 0 Å². The van der Waals surface area contributed by atoms with Crippen LogP contribution in [0.3, 0.4) is 0 Å². The monoisotopic (exact) mass is 420 g/mol. The van der Waals surface area contributed by atoms with Gasteiger partial charge in [0.2, 0.25) is 11.8 Å². The van der Waals surface area contributed by atoms with E-state index in [4.69, 9.17) is 10.2 Å². The van der Waals surface area contributed by atoms with E-state index in [0.717, 1.165) is 20.7 Å². The molecule has 2 aromatic rings. The largest absolute Gasteiger partial charge is 0.415 e. The topological polar surface area (TPSA) is 94.0 Å². The molecule has 0 saturated heterocycles. The molecule has 0 aliphatic heterocycles. The Labute approximate surface area is 136 Å². The summed E-state index contributed by atoms with van der Waals surface area (Å²) in [5, 5.41) is 10.6. The summed E-state index contributed by atoms with van der Waals surface area (Å²) in [5.74, 6) is 0.364. The summed E-state index contributed by atoms with van der Waals surface area (Å²) in [5.41, 5.74) is 6.06. The molecule has 1 aromatic carbocycles. The molecule has 0 spiro atoms. The Morgan fingerprint density at radius 1 is 1.40 bits per heavy atom. The highest BCUT2D eigenvalue weighted by Crippen LogP contribution is 2.26. The van der Waals surface area contributed by atoms with E-state index in [1.165, 1.54) is 0 Å². The van der Waals surface area contributed by atoms with Gasteiger partial charge in [-0.05, 0) is 34.1 Å². The summed E-state index contributed by atoms with van der Waals surface area (Å²) in [6.45, 7) is 0.186. The van der Waals surface area contributed by atoms with Crippen molar-refractivity contribution >= 4 is 55.2 Å². The first kappa shape index (κ1) is 15.5. The summed E-state index contributed by atoms with van der Waals surface area (Å²) in [7, 11) is 0. The molecule has 6 nitrogen and oxygen atoms in total. The summed E-state index contributed by atoms with van der Waals surface area (Å²) < 4.78 is 6.92. The van der Waals surface area contributed by atoms with Crippen LogP contribution in [0.15, 0.2) is 36.8 Å². The number of halogens is 2. The normalized spacial score (nSPS) is 10.6. The van der Waals surface area contributed by atoms with Crippen molar-refractivity contribution in [3.8, 4) is 0 Å². The quantitative estimate of drug-likeness (QED) is 0.721. The van der Waals surface area contributed by atoms with Crippen LogP contribution in [0, 0.1) is 0 Å². The molecule has 0 radical (unpaired) electrons. The molecule has 106 valence electrons. The SMILES string of the molecule is NCc1nnc(SCC(=O)Nc2ccc(Br)cc2Br)o1. The third-order valence-electron chi connectivity index (χ3n) is 2.15. The zero-order chi connectivity index (χ0) is 14.5. The number of anilines is 1. The number of thioether (sulfide) groups is 1. The second-order valence-electron chi connectivity index (χ2n) is 3.63. The number of amides is 1. The minimum absolute atomic E-state index is 0.162. The molecular weight excluding hydrogens is 412 g/mol. The van der Waals surface area contributed by atoms with E-state index < -0.39 is 0 Å². The Morgan fingerprint density at radius 2 is 2.20 bits per heavy atom. The average molecular weight is 422 g/mol. The lowest BCUT2D eigenvalue weighted by atomic mass is 10.3. The van der Waals surface area contributed by atoms with Crippen molar-refractivity contribution in [2.24, 2.45) is 5.73 Å². The lowest BCUT2D eigenvalue weighted by molar-refractivity contribution is -0.113. The minimum atomic E-state index is -0.162. The summed E-state index contributed by atoms with van der Waals surface area (Å²) >= 11 is 7.89. The predicted octanol–water partition coefficient (Wildman–Crippen LogP) is 2.78. The lowest BCUT2D eigenvalue weighted by Gasteiger charge is -2.06. The van der Waals surface area contributed by atoms with Gasteiger partial charge in [-0.2, -0.15) is 0 Å². The van der Waals surface area contributed by atoms with Gasteiger partial charge in [-0.3, -0.25) is 4.79 Å². The summed E-state index contributed by atoms with van der Waals surface area (Å²) in [6, 6.07) is 5.50. The maximum Gasteiger partial charge on any atom is 0.277 e. The van der Waals surface area contributed by atoms with Gasteiger partial charge in [0.25, 0.3) is 5.22 Å². The van der Waals surface area contributed by atoms with Gasteiger partial charge in [-0.15, -0.1) is 10.2 Å². The van der Waals surface area contributed by atoms with Crippen LogP contribution in [0.4, 0.5) is 5.69 Å². The van der Waals surface area contributed by atoms with Gasteiger partial charge in [0.05, 0.1) is 18.0 Å². The fraction of sp³-hybridized carbons (Fsp3) is 0.182. The highest BCUT2D eigenvalue weighted by Gasteiger charge is 2.10. The van der Waals surface area contributed by atoms with Crippen molar-refractivity contribution in [3.05, 3.63) is 33.0 Å². The first-order chi connectivity index (χ1) is 9.58. The number of nitrogens with zero attached hydrogens (tertiary/aromatic N) is 2. The fourth-order valence-corrected chi connectivity index (χ4v) is 3.01. The van der Waals surface area contributed by atoms with Crippen LogP contribution in [0.2, 0.25) is 0 Å². The fourth-order valence-electron chi connectivity index (χ4n) is 1.28. The zero-order valence-corrected chi connectivity index (χ0v) is 14.1. The van der Waals surface area contributed by atoms with Crippen molar-refractivity contribution in [3.63, 3.8) is 0 Å². The van der Waals surface area contributed by atoms with E-state index in [1.54, 1.807) is 6.07 Å². The van der Waals surface area contributed by atoms with Crippen LogP contribution in [-0.4, -0.2) is 21.9 Å². The third-order valence-corrected chi connectivity index (χ3v) is 4.12. The van der Waals surface area contributed by atoms with Gasteiger partial charge in [0.15, 0.2) is 0 Å². The minimum Gasteiger partial charge on any atom is -0.415 e. The molecule has 9 heteroatoms. The van der Waals surface area contributed by atoms with E-state index in [9.17, 15) is 4.79 Å². The third kappa shape index (κ3) is 4.30. The molecule has 0 bridgehead atoms. The lowest BCUT2D eigenvalue weighted by Crippen LogP contribution is -2.14. The highest BCUT2D eigenvalue weighted by atomic mass is 79.9.